The Bertz CT molecular complexity index is 370. The van der Waals surface area contributed by atoms with Crippen LogP contribution in [-0.2, 0) is 4.79 Å². The number of aryl methyl sites for hydroxylation is 2. The summed E-state index contributed by atoms with van der Waals surface area (Å²) in [6, 6.07) is 3.27. The van der Waals surface area contributed by atoms with Gasteiger partial charge >= 0.3 is 6.43 Å². The molecule has 0 atom stereocenters. The van der Waals surface area contributed by atoms with E-state index in [1.54, 1.807) is 12.1 Å². The zero-order valence-electron chi connectivity index (χ0n) is 8.27. The van der Waals surface area contributed by atoms with Gasteiger partial charge in [-0.05, 0) is 37.1 Å². The highest BCUT2D eigenvalue weighted by atomic mass is 79.9. The molecule has 1 N–H and O–H groups in total. The number of benzene rings is 1. The van der Waals surface area contributed by atoms with Gasteiger partial charge < -0.3 is 5.32 Å². The van der Waals surface area contributed by atoms with Crippen molar-refractivity contribution in [3.8, 4) is 0 Å². The second-order valence-corrected chi connectivity index (χ2v) is 4.01. The summed E-state index contributed by atoms with van der Waals surface area (Å²) in [5.41, 5.74) is 2.16. The number of rotatable bonds is 2. The molecule has 0 saturated carbocycles. The fourth-order valence-electron chi connectivity index (χ4n) is 1.21. The third-order valence-electron chi connectivity index (χ3n) is 1.90. The molecule has 1 aromatic rings. The number of anilines is 1. The highest BCUT2D eigenvalue weighted by molar-refractivity contribution is 9.10. The minimum absolute atomic E-state index is 0.388. The van der Waals surface area contributed by atoms with E-state index in [9.17, 15) is 13.6 Å². The van der Waals surface area contributed by atoms with Crippen LogP contribution in [0, 0.1) is 13.8 Å². The fraction of sp³-hybridized carbons (Fsp3) is 0.300. The van der Waals surface area contributed by atoms with Crippen molar-refractivity contribution in [2.75, 3.05) is 5.32 Å². The van der Waals surface area contributed by atoms with E-state index in [1.807, 2.05) is 13.8 Å². The summed E-state index contributed by atoms with van der Waals surface area (Å²) in [6.45, 7) is 3.66. The van der Waals surface area contributed by atoms with E-state index in [2.05, 4.69) is 21.2 Å². The van der Waals surface area contributed by atoms with Crippen LogP contribution >= 0.6 is 15.9 Å². The maximum Gasteiger partial charge on any atom is 0.315 e. The second-order valence-electron chi connectivity index (χ2n) is 3.21. The topological polar surface area (TPSA) is 29.1 Å². The van der Waals surface area contributed by atoms with Crippen LogP contribution in [0.1, 0.15) is 11.1 Å². The van der Waals surface area contributed by atoms with Crippen LogP contribution in [0.15, 0.2) is 16.6 Å². The van der Waals surface area contributed by atoms with Gasteiger partial charge in [0.15, 0.2) is 0 Å². The summed E-state index contributed by atoms with van der Waals surface area (Å²) >= 11 is 3.35. The molecule has 0 aliphatic rings. The molecule has 0 spiro atoms. The lowest BCUT2D eigenvalue weighted by atomic mass is 10.1. The number of amides is 1. The Morgan fingerprint density at radius 1 is 1.33 bits per heavy atom. The van der Waals surface area contributed by atoms with Crippen LogP contribution in [0.2, 0.25) is 0 Å². The van der Waals surface area contributed by atoms with E-state index < -0.39 is 12.3 Å². The van der Waals surface area contributed by atoms with E-state index in [0.717, 1.165) is 15.6 Å². The molecule has 0 bridgehead atoms. The quantitative estimate of drug-likeness (QED) is 0.883. The van der Waals surface area contributed by atoms with E-state index in [-0.39, 0.29) is 0 Å². The Hall–Kier alpha value is -0.970. The third kappa shape index (κ3) is 2.99. The second kappa shape index (κ2) is 4.70. The Kier molecular flexibility index (Phi) is 3.79. The predicted molar refractivity (Wildman–Crippen MR) is 58.2 cm³/mol. The summed E-state index contributed by atoms with van der Waals surface area (Å²) in [6.07, 6.45) is -2.99. The van der Waals surface area contributed by atoms with E-state index >= 15 is 0 Å². The SMILES string of the molecule is Cc1cc(NC(=O)C(F)F)cc(C)c1Br. The highest BCUT2D eigenvalue weighted by Gasteiger charge is 2.15. The molecule has 0 aliphatic heterocycles. The van der Waals surface area contributed by atoms with Crippen molar-refractivity contribution in [2.45, 2.75) is 20.3 Å². The van der Waals surface area contributed by atoms with Crippen LogP contribution in [0.25, 0.3) is 0 Å². The van der Waals surface area contributed by atoms with Gasteiger partial charge in [0.05, 0.1) is 0 Å². The lowest BCUT2D eigenvalue weighted by Crippen LogP contribution is -2.20. The van der Waals surface area contributed by atoms with Crippen molar-refractivity contribution in [1.82, 2.24) is 0 Å². The monoisotopic (exact) mass is 277 g/mol. The van der Waals surface area contributed by atoms with Gasteiger partial charge in [-0.15, -0.1) is 0 Å². The largest absolute Gasteiger partial charge is 0.321 e. The summed E-state index contributed by atoms with van der Waals surface area (Å²) in [5.74, 6) is -1.28. The van der Waals surface area contributed by atoms with Crippen LogP contribution in [-0.4, -0.2) is 12.3 Å². The molecular formula is C10H10BrF2NO. The first-order valence-corrected chi connectivity index (χ1v) is 5.07. The molecule has 1 aromatic carbocycles. The molecule has 1 rings (SSSR count). The molecule has 2 nitrogen and oxygen atoms in total. The zero-order valence-corrected chi connectivity index (χ0v) is 9.86. The predicted octanol–water partition coefficient (Wildman–Crippen LogP) is 3.27. The molecule has 0 aromatic heterocycles. The van der Waals surface area contributed by atoms with Crippen LogP contribution in [0.4, 0.5) is 14.5 Å². The lowest BCUT2D eigenvalue weighted by molar-refractivity contribution is -0.126. The van der Waals surface area contributed by atoms with Gasteiger partial charge in [-0.2, -0.15) is 8.78 Å². The third-order valence-corrected chi connectivity index (χ3v) is 3.15. The average molecular weight is 278 g/mol. The molecule has 82 valence electrons. The van der Waals surface area contributed by atoms with Gasteiger partial charge in [0.1, 0.15) is 0 Å². The van der Waals surface area contributed by atoms with Crippen molar-refractivity contribution < 1.29 is 13.6 Å². The molecule has 0 unspecified atom stereocenters. The highest BCUT2D eigenvalue weighted by Crippen LogP contribution is 2.25. The van der Waals surface area contributed by atoms with Gasteiger partial charge in [0.2, 0.25) is 0 Å². The smallest absolute Gasteiger partial charge is 0.315 e. The van der Waals surface area contributed by atoms with E-state index in [4.69, 9.17) is 0 Å². The van der Waals surface area contributed by atoms with Crippen LogP contribution < -0.4 is 5.32 Å². The molecule has 0 heterocycles. The van der Waals surface area contributed by atoms with Gasteiger partial charge in [-0.1, -0.05) is 15.9 Å². The summed E-state index contributed by atoms with van der Waals surface area (Å²) in [5, 5.41) is 2.14. The Morgan fingerprint density at radius 2 is 1.80 bits per heavy atom. The van der Waals surface area contributed by atoms with Crippen molar-refractivity contribution >= 4 is 27.5 Å². The Balaban J connectivity index is 2.93. The summed E-state index contributed by atoms with van der Waals surface area (Å²) < 4.78 is 24.9. The molecule has 5 heteroatoms. The van der Waals surface area contributed by atoms with Gasteiger partial charge in [0, 0.05) is 10.2 Å². The lowest BCUT2D eigenvalue weighted by Gasteiger charge is -2.09. The normalized spacial score (nSPS) is 10.5. The first kappa shape index (κ1) is 12.1. The number of hydrogen-bond donors (Lipinski definition) is 1. The standard InChI is InChI=1S/C10H10BrF2NO/c1-5-3-7(4-6(2)8(5)11)14-10(15)9(12)13/h3-4,9H,1-2H3,(H,14,15). The Labute approximate surface area is 94.8 Å². The first-order valence-electron chi connectivity index (χ1n) is 4.27. The molecular weight excluding hydrogens is 268 g/mol. The number of carbonyl (C=O) groups is 1. The summed E-state index contributed by atoms with van der Waals surface area (Å²) in [7, 11) is 0. The average Bonchev–Trinajstić information content (AvgIpc) is 2.13. The minimum Gasteiger partial charge on any atom is -0.321 e. The molecule has 1 amide bonds. The van der Waals surface area contributed by atoms with Crippen molar-refractivity contribution in [2.24, 2.45) is 0 Å². The van der Waals surface area contributed by atoms with E-state index in [0.29, 0.717) is 5.69 Å². The van der Waals surface area contributed by atoms with Crippen molar-refractivity contribution in [3.05, 3.63) is 27.7 Å². The van der Waals surface area contributed by atoms with Crippen LogP contribution in [0.5, 0.6) is 0 Å². The molecule has 0 fully saturated rings. The number of hydrogen-bond acceptors (Lipinski definition) is 1. The molecule has 0 aliphatic carbocycles. The first-order chi connectivity index (χ1) is 6.91. The summed E-state index contributed by atoms with van der Waals surface area (Å²) in [4.78, 5) is 10.7. The van der Waals surface area contributed by atoms with Gasteiger partial charge in [-0.25, -0.2) is 0 Å². The maximum absolute atomic E-state index is 12.0. The zero-order chi connectivity index (χ0) is 11.6. The maximum atomic E-state index is 12.0. The van der Waals surface area contributed by atoms with Crippen molar-refractivity contribution in [1.29, 1.82) is 0 Å². The van der Waals surface area contributed by atoms with Gasteiger partial charge in [0.25, 0.3) is 5.91 Å². The number of nitrogens with one attached hydrogen (secondary N) is 1. The minimum atomic E-state index is -2.99. The molecule has 15 heavy (non-hydrogen) atoms. The van der Waals surface area contributed by atoms with E-state index in [1.165, 1.54) is 0 Å². The molecule has 0 radical (unpaired) electrons. The molecule has 0 saturated heterocycles. The number of halogens is 3. The number of alkyl halides is 2. The Morgan fingerprint density at radius 3 is 2.20 bits per heavy atom. The van der Waals surface area contributed by atoms with Gasteiger partial charge in [-0.3, -0.25) is 4.79 Å². The van der Waals surface area contributed by atoms with Crippen molar-refractivity contribution in [3.63, 3.8) is 0 Å². The fourth-order valence-corrected chi connectivity index (χ4v) is 1.44. The van der Waals surface area contributed by atoms with Crippen LogP contribution in [0.3, 0.4) is 0 Å². The number of carbonyl (C=O) groups excluding carboxylic acids is 1.